The Hall–Kier alpha value is -2.73. The number of fused-ring (bicyclic) bond motifs is 1. The number of alkyl halides is 2. The van der Waals surface area contributed by atoms with Gasteiger partial charge in [0.2, 0.25) is 0 Å². The zero-order valence-electron chi connectivity index (χ0n) is 24.0. The van der Waals surface area contributed by atoms with E-state index in [0.717, 1.165) is 57.0 Å². The standard InChI is InChI=1S/C30H39IN4O4S/c1-6-22-21-35(28(32-22)26-20-27-25(33(26)5)11-18-40-27)16-17-37-23-9-7-10-24(19-23)39-31-12-8-14-34(15-13-31)29(36)38-30(2,3)4/h7,9-11,18-21H,6,8,12-17H2,1-5H3. The summed E-state index contributed by atoms with van der Waals surface area (Å²) in [5.74, 6) is 2.63. The fourth-order valence-corrected chi connectivity index (χ4v) is 9.80. The van der Waals surface area contributed by atoms with Gasteiger partial charge >= 0.3 is 226 Å². The first-order chi connectivity index (χ1) is 19.2. The van der Waals surface area contributed by atoms with Crippen LogP contribution in [0.5, 0.6) is 11.5 Å². The molecule has 5 rings (SSSR count). The van der Waals surface area contributed by atoms with Crippen molar-refractivity contribution in [1.29, 1.82) is 0 Å². The van der Waals surface area contributed by atoms with Crippen LogP contribution in [-0.4, -0.2) is 59.3 Å². The van der Waals surface area contributed by atoms with Crippen molar-refractivity contribution in [2.75, 3.05) is 28.6 Å². The molecule has 0 unspecified atom stereocenters. The Morgan fingerprint density at radius 1 is 1.12 bits per heavy atom. The van der Waals surface area contributed by atoms with E-state index < -0.39 is 25.8 Å². The van der Waals surface area contributed by atoms with Gasteiger partial charge in [0, 0.05) is 0 Å². The molecule has 1 aromatic carbocycles. The van der Waals surface area contributed by atoms with Crippen molar-refractivity contribution in [3.63, 3.8) is 0 Å². The van der Waals surface area contributed by atoms with Crippen molar-refractivity contribution in [1.82, 2.24) is 19.0 Å². The van der Waals surface area contributed by atoms with Crippen molar-refractivity contribution in [3.05, 3.63) is 53.7 Å². The number of aromatic nitrogens is 3. The summed E-state index contributed by atoms with van der Waals surface area (Å²) in [7, 11) is 2.10. The molecular formula is C30H39IN4O4S. The monoisotopic (exact) mass is 678 g/mol. The number of rotatable bonds is 8. The molecule has 216 valence electrons. The van der Waals surface area contributed by atoms with Crippen molar-refractivity contribution < 1.29 is 17.3 Å². The number of aryl methyl sites for hydroxylation is 2. The molecule has 3 aromatic heterocycles. The summed E-state index contributed by atoms with van der Waals surface area (Å²) in [4.78, 5) is 19.3. The van der Waals surface area contributed by atoms with Gasteiger partial charge in [-0.1, -0.05) is 0 Å². The Balaban J connectivity index is 1.18. The third kappa shape index (κ3) is 6.94. The van der Waals surface area contributed by atoms with Crippen LogP contribution in [0.15, 0.2) is 48.0 Å². The molecule has 0 radical (unpaired) electrons. The van der Waals surface area contributed by atoms with Gasteiger partial charge in [-0.3, -0.25) is 0 Å². The van der Waals surface area contributed by atoms with Gasteiger partial charge in [-0.05, 0) is 11.4 Å². The van der Waals surface area contributed by atoms with Crippen LogP contribution in [0.4, 0.5) is 4.79 Å². The number of amides is 1. The van der Waals surface area contributed by atoms with Gasteiger partial charge in [0.05, 0.1) is 0 Å². The molecule has 10 heteroatoms. The number of imidazole rings is 1. The molecule has 0 N–H and O–H groups in total. The average Bonchev–Trinajstić information content (AvgIpc) is 3.56. The molecule has 1 aliphatic rings. The number of nitrogens with zero attached hydrogens (tertiary/aromatic N) is 4. The molecular weight excluding hydrogens is 639 g/mol. The number of hydrogen-bond donors (Lipinski definition) is 0. The van der Waals surface area contributed by atoms with Crippen molar-refractivity contribution in [2.45, 2.75) is 52.7 Å². The van der Waals surface area contributed by atoms with Crippen molar-refractivity contribution >= 4 is 47.9 Å². The van der Waals surface area contributed by atoms with E-state index in [1.54, 1.807) is 11.3 Å². The van der Waals surface area contributed by atoms with Crippen molar-refractivity contribution in [2.24, 2.45) is 7.05 Å². The number of carbonyl (C=O) groups is 1. The Bertz CT molecular complexity index is 1450. The van der Waals surface area contributed by atoms with Crippen LogP contribution >= 0.6 is 31.6 Å². The number of thiophene rings is 1. The fraction of sp³-hybridized carbons (Fsp3) is 0.467. The quantitative estimate of drug-likeness (QED) is 0.146. The molecule has 4 aromatic rings. The zero-order valence-corrected chi connectivity index (χ0v) is 27.0. The molecule has 0 saturated carbocycles. The van der Waals surface area contributed by atoms with E-state index in [1.165, 1.54) is 10.2 Å². The number of benzene rings is 1. The molecule has 1 fully saturated rings. The van der Waals surface area contributed by atoms with E-state index in [1.807, 2.05) is 49.9 Å². The van der Waals surface area contributed by atoms with Gasteiger partial charge < -0.3 is 0 Å². The first-order valence-electron chi connectivity index (χ1n) is 13.8. The molecule has 0 spiro atoms. The van der Waals surface area contributed by atoms with Crippen LogP contribution in [0.3, 0.4) is 0 Å². The third-order valence-corrected chi connectivity index (χ3v) is 12.3. The summed E-state index contributed by atoms with van der Waals surface area (Å²) in [6.07, 6.45) is 3.75. The molecule has 0 bridgehead atoms. The summed E-state index contributed by atoms with van der Waals surface area (Å²) < 4.78 is 25.9. The maximum atomic E-state index is 12.5. The first-order valence-corrected chi connectivity index (χ1v) is 18.6. The Morgan fingerprint density at radius 3 is 2.73 bits per heavy atom. The topological polar surface area (TPSA) is 70.8 Å². The zero-order chi connectivity index (χ0) is 28.3. The van der Waals surface area contributed by atoms with E-state index in [9.17, 15) is 4.79 Å². The molecule has 4 heterocycles. The van der Waals surface area contributed by atoms with Gasteiger partial charge in [-0.2, -0.15) is 0 Å². The van der Waals surface area contributed by atoms with Crippen LogP contribution in [0.25, 0.3) is 21.7 Å². The van der Waals surface area contributed by atoms with E-state index in [-0.39, 0.29) is 6.09 Å². The Labute approximate surface area is 248 Å². The summed E-state index contributed by atoms with van der Waals surface area (Å²) in [5.41, 5.74) is 2.95. The number of halogens is 1. The number of hydrogen-bond acceptors (Lipinski definition) is 6. The predicted molar refractivity (Wildman–Crippen MR) is 170 cm³/mol. The first kappa shape index (κ1) is 28.8. The molecule has 0 atom stereocenters. The summed E-state index contributed by atoms with van der Waals surface area (Å²) in [5, 5.41) is 2.13. The predicted octanol–water partition coefficient (Wildman–Crippen LogP) is 7.19. The van der Waals surface area contributed by atoms with Crippen molar-refractivity contribution in [3.8, 4) is 23.0 Å². The minimum atomic E-state index is -1.70. The molecule has 8 nitrogen and oxygen atoms in total. The van der Waals surface area contributed by atoms with E-state index in [0.29, 0.717) is 19.7 Å². The SMILES string of the molecule is CCc1cn(CCOc2cccc(OI3CCCN(C(=O)OC(C)(C)C)CC3)c2)c(-c2cc3sccc3n2C)n1. The average molecular weight is 679 g/mol. The molecule has 1 amide bonds. The second-order valence-corrected chi connectivity index (χ2v) is 16.7. The van der Waals surface area contributed by atoms with Gasteiger partial charge in [0.15, 0.2) is 0 Å². The van der Waals surface area contributed by atoms with Gasteiger partial charge in [0.25, 0.3) is 0 Å². The number of ether oxygens (including phenoxy) is 2. The van der Waals surface area contributed by atoms with E-state index in [4.69, 9.17) is 17.5 Å². The van der Waals surface area contributed by atoms with Crippen LogP contribution in [0.2, 0.25) is 0 Å². The van der Waals surface area contributed by atoms with E-state index >= 15 is 0 Å². The normalized spacial score (nSPS) is 15.3. The second-order valence-electron chi connectivity index (χ2n) is 10.9. The van der Waals surface area contributed by atoms with Gasteiger partial charge in [0.1, 0.15) is 0 Å². The third-order valence-electron chi connectivity index (χ3n) is 6.68. The molecule has 40 heavy (non-hydrogen) atoms. The fourth-order valence-electron chi connectivity index (χ4n) is 4.67. The molecule has 1 saturated heterocycles. The minimum absolute atomic E-state index is 0.223. The van der Waals surface area contributed by atoms with Crippen LogP contribution < -0.4 is 7.80 Å². The summed E-state index contributed by atoms with van der Waals surface area (Å²) >= 11 is 0.0545. The summed E-state index contributed by atoms with van der Waals surface area (Å²) in [6.45, 7) is 10.5. The van der Waals surface area contributed by atoms with Crippen LogP contribution in [-0.2, 0) is 24.8 Å². The van der Waals surface area contributed by atoms with Gasteiger partial charge in [-0.15, -0.1) is 11.3 Å². The number of carbonyl (C=O) groups excluding carboxylic acids is 1. The molecule has 0 aliphatic carbocycles. The Kier molecular flexibility index (Phi) is 8.94. The molecule has 1 aliphatic heterocycles. The maximum absolute atomic E-state index is 12.5. The van der Waals surface area contributed by atoms with Crippen LogP contribution in [0, 0.1) is 0 Å². The Morgan fingerprint density at radius 2 is 1.95 bits per heavy atom. The summed E-state index contributed by atoms with van der Waals surface area (Å²) in [6, 6.07) is 12.3. The second kappa shape index (κ2) is 12.4. The van der Waals surface area contributed by atoms with E-state index in [2.05, 4.69) is 46.8 Å². The van der Waals surface area contributed by atoms with Crippen LogP contribution in [0.1, 0.15) is 39.8 Å². The van der Waals surface area contributed by atoms with Gasteiger partial charge in [-0.25, -0.2) is 0 Å².